The summed E-state index contributed by atoms with van der Waals surface area (Å²) in [5, 5.41) is 21.2. The van der Waals surface area contributed by atoms with Crippen LogP contribution in [0.25, 0.3) is 6.08 Å². The predicted octanol–water partition coefficient (Wildman–Crippen LogP) is 1.99. The zero-order valence-electron chi connectivity index (χ0n) is 11.3. The molecule has 0 atom stereocenters. The Kier molecular flexibility index (Phi) is 4.54. The first kappa shape index (κ1) is 14.3. The maximum absolute atomic E-state index is 11.9. The fourth-order valence-electron chi connectivity index (χ4n) is 2.56. The molecule has 2 N–H and O–H groups in total. The molecule has 2 rings (SSSR count). The number of amides is 1. The van der Waals surface area contributed by atoms with Crippen LogP contribution in [0.4, 0.5) is 0 Å². The van der Waals surface area contributed by atoms with Gasteiger partial charge in [-0.1, -0.05) is 25.0 Å². The first-order valence-corrected chi connectivity index (χ1v) is 6.79. The summed E-state index contributed by atoms with van der Waals surface area (Å²) in [6.07, 6.45) is 6.85. The van der Waals surface area contributed by atoms with Gasteiger partial charge in [-0.25, -0.2) is 0 Å². The first-order chi connectivity index (χ1) is 9.67. The highest BCUT2D eigenvalue weighted by atomic mass is 16.3. The maximum Gasteiger partial charge on any atom is 0.244 e. The number of rotatable bonds is 4. The SMILES string of the molecule is N#Cc1cccc(/C=C/C(=O)NC2(CO)CCCC2)c1. The third-order valence-electron chi connectivity index (χ3n) is 3.69. The van der Waals surface area contributed by atoms with Crippen LogP contribution in [0, 0.1) is 11.3 Å². The van der Waals surface area contributed by atoms with E-state index >= 15 is 0 Å². The second-order valence-electron chi connectivity index (χ2n) is 5.21. The monoisotopic (exact) mass is 270 g/mol. The van der Waals surface area contributed by atoms with Crippen molar-refractivity contribution in [1.29, 1.82) is 5.26 Å². The summed E-state index contributed by atoms with van der Waals surface area (Å²) in [6.45, 7) is -0.0174. The Hall–Kier alpha value is -2.12. The summed E-state index contributed by atoms with van der Waals surface area (Å²) < 4.78 is 0. The van der Waals surface area contributed by atoms with Crippen molar-refractivity contribution in [2.75, 3.05) is 6.61 Å². The van der Waals surface area contributed by atoms with E-state index < -0.39 is 5.54 Å². The zero-order chi connectivity index (χ0) is 14.4. The number of nitrogens with zero attached hydrogens (tertiary/aromatic N) is 1. The summed E-state index contributed by atoms with van der Waals surface area (Å²) in [4.78, 5) is 11.9. The molecular weight excluding hydrogens is 252 g/mol. The normalized spacial score (nSPS) is 17.0. The van der Waals surface area contributed by atoms with E-state index in [4.69, 9.17) is 5.26 Å². The molecule has 20 heavy (non-hydrogen) atoms. The summed E-state index contributed by atoms with van der Waals surface area (Å²) in [6, 6.07) is 9.12. The van der Waals surface area contributed by atoms with Crippen LogP contribution >= 0.6 is 0 Å². The number of aliphatic hydroxyl groups excluding tert-OH is 1. The fourth-order valence-corrected chi connectivity index (χ4v) is 2.56. The van der Waals surface area contributed by atoms with Crippen molar-refractivity contribution >= 4 is 12.0 Å². The van der Waals surface area contributed by atoms with Crippen LogP contribution < -0.4 is 5.32 Å². The Balaban J connectivity index is 2.00. The van der Waals surface area contributed by atoms with Gasteiger partial charge in [0, 0.05) is 6.08 Å². The number of benzene rings is 1. The molecule has 1 saturated carbocycles. The van der Waals surface area contributed by atoms with Crippen molar-refractivity contribution in [1.82, 2.24) is 5.32 Å². The van der Waals surface area contributed by atoms with Crippen LogP contribution in [0.1, 0.15) is 36.8 Å². The van der Waals surface area contributed by atoms with E-state index in [0.717, 1.165) is 31.2 Å². The lowest BCUT2D eigenvalue weighted by Crippen LogP contribution is -2.48. The molecule has 104 valence electrons. The molecule has 4 nitrogen and oxygen atoms in total. The van der Waals surface area contributed by atoms with Crippen LogP contribution in [0.2, 0.25) is 0 Å². The number of carbonyl (C=O) groups is 1. The number of hydrogen-bond acceptors (Lipinski definition) is 3. The molecule has 0 saturated heterocycles. The molecule has 0 heterocycles. The summed E-state index contributed by atoms with van der Waals surface area (Å²) in [5.41, 5.74) is 0.925. The molecular formula is C16H18N2O2. The van der Waals surface area contributed by atoms with Gasteiger partial charge in [-0.15, -0.1) is 0 Å². The largest absolute Gasteiger partial charge is 0.394 e. The van der Waals surface area contributed by atoms with Gasteiger partial charge in [0.15, 0.2) is 0 Å². The maximum atomic E-state index is 11.9. The topological polar surface area (TPSA) is 73.1 Å². The van der Waals surface area contributed by atoms with Crippen molar-refractivity contribution < 1.29 is 9.90 Å². The van der Waals surface area contributed by atoms with Crippen molar-refractivity contribution in [3.05, 3.63) is 41.5 Å². The fraction of sp³-hybridized carbons (Fsp3) is 0.375. The van der Waals surface area contributed by atoms with Gasteiger partial charge in [0.1, 0.15) is 0 Å². The van der Waals surface area contributed by atoms with Crippen LogP contribution in [-0.2, 0) is 4.79 Å². The molecule has 0 radical (unpaired) electrons. The molecule has 0 aromatic heterocycles. The van der Waals surface area contributed by atoms with Gasteiger partial charge in [0.05, 0.1) is 23.8 Å². The number of aliphatic hydroxyl groups is 1. The Bertz CT molecular complexity index is 552. The summed E-state index contributed by atoms with van der Waals surface area (Å²) in [7, 11) is 0. The van der Waals surface area contributed by atoms with Crippen molar-refractivity contribution in [3.8, 4) is 6.07 Å². The molecule has 1 aromatic carbocycles. The lowest BCUT2D eigenvalue weighted by Gasteiger charge is -2.27. The van der Waals surface area contributed by atoms with Gasteiger partial charge in [0.25, 0.3) is 0 Å². The number of carbonyl (C=O) groups excluding carboxylic acids is 1. The highest BCUT2D eigenvalue weighted by molar-refractivity contribution is 5.92. The van der Waals surface area contributed by atoms with Gasteiger partial charge in [0.2, 0.25) is 5.91 Å². The molecule has 0 unspecified atom stereocenters. The molecule has 0 spiro atoms. The quantitative estimate of drug-likeness (QED) is 0.822. The standard InChI is InChI=1S/C16H18N2O2/c17-11-14-5-3-4-13(10-14)6-7-15(20)18-16(12-19)8-1-2-9-16/h3-7,10,19H,1-2,8-9,12H2,(H,18,20)/b7-6+. The highest BCUT2D eigenvalue weighted by Gasteiger charge is 2.33. The van der Waals surface area contributed by atoms with Gasteiger partial charge in [-0.2, -0.15) is 5.26 Å². The first-order valence-electron chi connectivity index (χ1n) is 6.79. The molecule has 1 amide bonds. The van der Waals surface area contributed by atoms with E-state index in [-0.39, 0.29) is 12.5 Å². The Morgan fingerprint density at radius 2 is 2.20 bits per heavy atom. The predicted molar refractivity (Wildman–Crippen MR) is 76.6 cm³/mol. The molecule has 4 heteroatoms. The summed E-state index contributed by atoms with van der Waals surface area (Å²) >= 11 is 0. The van der Waals surface area contributed by atoms with E-state index in [1.54, 1.807) is 24.3 Å². The Morgan fingerprint density at radius 1 is 1.45 bits per heavy atom. The van der Waals surface area contributed by atoms with Gasteiger partial charge in [-0.05, 0) is 36.6 Å². The number of nitriles is 1. The Morgan fingerprint density at radius 3 is 2.85 bits per heavy atom. The van der Waals surface area contributed by atoms with Crippen molar-refractivity contribution in [2.24, 2.45) is 0 Å². The smallest absolute Gasteiger partial charge is 0.244 e. The van der Waals surface area contributed by atoms with Gasteiger partial charge >= 0.3 is 0 Å². The Labute approximate surface area is 118 Å². The van der Waals surface area contributed by atoms with E-state index in [1.165, 1.54) is 6.08 Å². The molecule has 1 aromatic rings. The highest BCUT2D eigenvalue weighted by Crippen LogP contribution is 2.29. The van der Waals surface area contributed by atoms with E-state index in [9.17, 15) is 9.90 Å². The zero-order valence-corrected chi connectivity index (χ0v) is 11.3. The minimum atomic E-state index is -0.448. The second-order valence-corrected chi connectivity index (χ2v) is 5.21. The minimum absolute atomic E-state index is 0.0174. The second kappa shape index (κ2) is 6.36. The van der Waals surface area contributed by atoms with Crippen LogP contribution in [0.5, 0.6) is 0 Å². The van der Waals surface area contributed by atoms with Gasteiger partial charge in [-0.3, -0.25) is 4.79 Å². The third kappa shape index (κ3) is 3.46. The molecule has 1 fully saturated rings. The lowest BCUT2D eigenvalue weighted by molar-refractivity contribution is -0.118. The van der Waals surface area contributed by atoms with E-state index in [2.05, 4.69) is 11.4 Å². The molecule has 1 aliphatic rings. The molecule has 0 aliphatic heterocycles. The van der Waals surface area contributed by atoms with Crippen LogP contribution in [0.15, 0.2) is 30.3 Å². The van der Waals surface area contributed by atoms with Crippen LogP contribution in [-0.4, -0.2) is 23.2 Å². The van der Waals surface area contributed by atoms with Gasteiger partial charge < -0.3 is 10.4 Å². The van der Waals surface area contributed by atoms with Crippen LogP contribution in [0.3, 0.4) is 0 Å². The van der Waals surface area contributed by atoms with E-state index in [1.807, 2.05) is 6.07 Å². The van der Waals surface area contributed by atoms with Crippen molar-refractivity contribution in [3.63, 3.8) is 0 Å². The number of nitrogens with one attached hydrogen (secondary N) is 1. The average Bonchev–Trinajstić information content (AvgIpc) is 2.94. The molecule has 0 bridgehead atoms. The minimum Gasteiger partial charge on any atom is -0.394 e. The van der Waals surface area contributed by atoms with E-state index in [0.29, 0.717) is 5.56 Å². The van der Waals surface area contributed by atoms with Crippen molar-refractivity contribution in [2.45, 2.75) is 31.2 Å². The lowest BCUT2D eigenvalue weighted by atomic mass is 9.99. The third-order valence-corrected chi connectivity index (χ3v) is 3.69. The summed E-state index contributed by atoms with van der Waals surface area (Å²) in [5.74, 6) is -0.205. The number of hydrogen-bond donors (Lipinski definition) is 2. The average molecular weight is 270 g/mol. The molecule has 1 aliphatic carbocycles.